The van der Waals surface area contributed by atoms with E-state index in [0.717, 1.165) is 45.5 Å². The molecule has 0 spiro atoms. The summed E-state index contributed by atoms with van der Waals surface area (Å²) in [4.78, 5) is 41.1. The normalized spacial score (nSPS) is 16.0. The predicted molar refractivity (Wildman–Crippen MR) is 130 cm³/mol. The van der Waals surface area contributed by atoms with Crippen molar-refractivity contribution in [2.45, 2.75) is 38.5 Å². The molecule has 8 nitrogen and oxygen atoms in total. The minimum atomic E-state index is -0.690. The van der Waals surface area contributed by atoms with Gasteiger partial charge in [0.2, 0.25) is 5.91 Å². The van der Waals surface area contributed by atoms with Crippen molar-refractivity contribution in [2.24, 2.45) is 7.05 Å². The maximum atomic E-state index is 12.6. The standard InChI is InChI=1S/C24H30N4O4S/c1-26-20-9-2-3-10-21(20)28(24(31)23(26)30)17-22(29)25-11-6-12-27(15-18-7-4-13-32-18)16-19-8-5-14-33-19/h2-3,5,8-10,14,18H,4,6-7,11-13,15-17H2,1H3,(H,25,29)/t18-/m0/s1. The number of nitrogens with zero attached hydrogens (tertiary/aromatic N) is 3. The zero-order valence-electron chi connectivity index (χ0n) is 18.9. The zero-order valence-corrected chi connectivity index (χ0v) is 19.7. The highest BCUT2D eigenvalue weighted by molar-refractivity contribution is 7.09. The highest BCUT2D eigenvalue weighted by Crippen LogP contribution is 2.17. The van der Waals surface area contributed by atoms with Crippen molar-refractivity contribution in [3.63, 3.8) is 0 Å². The molecular weight excluding hydrogens is 440 g/mol. The molecule has 1 aliphatic rings. The number of rotatable bonds is 10. The fourth-order valence-electron chi connectivity index (χ4n) is 4.27. The van der Waals surface area contributed by atoms with E-state index in [1.165, 1.54) is 14.0 Å². The van der Waals surface area contributed by atoms with E-state index in [0.29, 0.717) is 17.6 Å². The number of hydrogen-bond acceptors (Lipinski definition) is 6. The third-order valence-corrected chi connectivity index (χ3v) is 6.85. The molecule has 9 heteroatoms. The Morgan fingerprint density at radius 2 is 2.00 bits per heavy atom. The highest BCUT2D eigenvalue weighted by atomic mass is 32.1. The molecule has 0 bridgehead atoms. The number of carbonyl (C=O) groups excluding carboxylic acids is 1. The molecule has 1 amide bonds. The van der Waals surface area contributed by atoms with Crippen LogP contribution in [0.4, 0.5) is 0 Å². The van der Waals surface area contributed by atoms with Crippen LogP contribution in [0, 0.1) is 0 Å². The molecule has 0 unspecified atom stereocenters. The monoisotopic (exact) mass is 470 g/mol. The van der Waals surface area contributed by atoms with Gasteiger partial charge in [0.1, 0.15) is 6.54 Å². The summed E-state index contributed by atoms with van der Waals surface area (Å²) in [6.07, 6.45) is 3.28. The number of para-hydroxylation sites is 2. The van der Waals surface area contributed by atoms with Crippen molar-refractivity contribution < 1.29 is 9.53 Å². The summed E-state index contributed by atoms with van der Waals surface area (Å²) in [5, 5.41) is 4.99. The van der Waals surface area contributed by atoms with E-state index >= 15 is 0 Å². The van der Waals surface area contributed by atoms with Crippen LogP contribution in [0.15, 0.2) is 51.4 Å². The molecule has 3 heterocycles. The Morgan fingerprint density at radius 1 is 1.18 bits per heavy atom. The smallest absolute Gasteiger partial charge is 0.317 e. The van der Waals surface area contributed by atoms with Crippen molar-refractivity contribution in [1.82, 2.24) is 19.4 Å². The second-order valence-corrected chi connectivity index (χ2v) is 9.43. The molecule has 3 aromatic rings. The van der Waals surface area contributed by atoms with Crippen molar-refractivity contribution in [2.75, 3.05) is 26.2 Å². The minimum absolute atomic E-state index is 0.176. The Labute approximate surface area is 196 Å². The Morgan fingerprint density at radius 3 is 2.73 bits per heavy atom. The third-order valence-electron chi connectivity index (χ3n) is 5.99. The fourth-order valence-corrected chi connectivity index (χ4v) is 5.02. The van der Waals surface area contributed by atoms with Gasteiger partial charge in [0.05, 0.1) is 17.1 Å². The van der Waals surface area contributed by atoms with Crippen molar-refractivity contribution in [3.05, 3.63) is 67.4 Å². The summed E-state index contributed by atoms with van der Waals surface area (Å²) in [5.74, 6) is -0.278. The van der Waals surface area contributed by atoms with Crippen LogP contribution in [0.5, 0.6) is 0 Å². The van der Waals surface area contributed by atoms with E-state index in [2.05, 4.69) is 27.7 Å². The van der Waals surface area contributed by atoms with Gasteiger partial charge in [0.15, 0.2) is 0 Å². The molecule has 0 aliphatic carbocycles. The van der Waals surface area contributed by atoms with Gasteiger partial charge in [-0.25, -0.2) is 0 Å². The first-order valence-corrected chi connectivity index (χ1v) is 12.2. The largest absolute Gasteiger partial charge is 0.377 e. The SMILES string of the molecule is Cn1c(=O)c(=O)n(CC(=O)NCCCN(Cc2cccs2)C[C@@H]2CCCO2)c2ccccc21. The van der Waals surface area contributed by atoms with Crippen LogP contribution in [0.25, 0.3) is 11.0 Å². The maximum Gasteiger partial charge on any atom is 0.317 e. The molecule has 1 fully saturated rings. The Balaban J connectivity index is 1.33. The second kappa shape index (κ2) is 10.9. The molecule has 1 N–H and O–H groups in total. The van der Waals surface area contributed by atoms with Gasteiger partial charge in [-0.05, 0) is 42.8 Å². The van der Waals surface area contributed by atoms with Crippen molar-refractivity contribution in [3.8, 4) is 0 Å². The lowest BCUT2D eigenvalue weighted by Gasteiger charge is -2.24. The van der Waals surface area contributed by atoms with Crippen LogP contribution in [0.2, 0.25) is 0 Å². The van der Waals surface area contributed by atoms with Gasteiger partial charge in [0, 0.05) is 44.7 Å². The van der Waals surface area contributed by atoms with Crippen LogP contribution in [0.3, 0.4) is 0 Å². The van der Waals surface area contributed by atoms with Crippen molar-refractivity contribution >= 4 is 28.3 Å². The van der Waals surface area contributed by atoms with Gasteiger partial charge in [-0.1, -0.05) is 18.2 Å². The number of hydrogen-bond donors (Lipinski definition) is 1. The van der Waals surface area contributed by atoms with Crippen LogP contribution < -0.4 is 16.4 Å². The lowest BCUT2D eigenvalue weighted by molar-refractivity contribution is -0.121. The number of nitrogens with one attached hydrogen (secondary N) is 1. The summed E-state index contributed by atoms with van der Waals surface area (Å²) < 4.78 is 8.39. The topological polar surface area (TPSA) is 85.6 Å². The summed E-state index contributed by atoms with van der Waals surface area (Å²) in [6, 6.07) is 11.3. The van der Waals surface area contributed by atoms with E-state index in [1.807, 2.05) is 0 Å². The van der Waals surface area contributed by atoms with Crippen LogP contribution in [-0.2, 0) is 29.7 Å². The van der Waals surface area contributed by atoms with Gasteiger partial charge < -0.3 is 14.6 Å². The third kappa shape index (κ3) is 5.79. The van der Waals surface area contributed by atoms with Crippen LogP contribution in [-0.4, -0.2) is 52.3 Å². The number of ether oxygens (including phenoxy) is 1. The molecule has 4 rings (SSSR count). The molecule has 0 radical (unpaired) electrons. The lowest BCUT2D eigenvalue weighted by atomic mass is 10.2. The Bertz CT molecular complexity index is 1200. The molecule has 1 atom stereocenters. The summed E-state index contributed by atoms with van der Waals surface area (Å²) in [6.45, 7) is 3.77. The van der Waals surface area contributed by atoms with Gasteiger partial charge in [-0.3, -0.25) is 23.9 Å². The average molecular weight is 471 g/mol. The van der Waals surface area contributed by atoms with Gasteiger partial charge >= 0.3 is 11.1 Å². The molecule has 33 heavy (non-hydrogen) atoms. The molecule has 176 valence electrons. The minimum Gasteiger partial charge on any atom is -0.377 e. The summed E-state index contributed by atoms with van der Waals surface area (Å²) >= 11 is 1.75. The number of benzene rings is 1. The predicted octanol–water partition coefficient (Wildman–Crippen LogP) is 1.95. The molecule has 1 saturated heterocycles. The molecule has 1 aromatic carbocycles. The number of thiophene rings is 1. The summed E-state index contributed by atoms with van der Waals surface area (Å²) in [7, 11) is 1.56. The van der Waals surface area contributed by atoms with E-state index < -0.39 is 11.1 Å². The molecule has 1 aliphatic heterocycles. The fraction of sp³-hybridized carbons (Fsp3) is 0.458. The van der Waals surface area contributed by atoms with Gasteiger partial charge in [0.25, 0.3) is 0 Å². The summed E-state index contributed by atoms with van der Waals surface area (Å²) in [5.41, 5.74) is -0.142. The number of amides is 1. The number of fused-ring (bicyclic) bond motifs is 1. The lowest BCUT2D eigenvalue weighted by Crippen LogP contribution is -2.43. The van der Waals surface area contributed by atoms with Gasteiger partial charge in [-0.2, -0.15) is 0 Å². The van der Waals surface area contributed by atoms with Crippen molar-refractivity contribution in [1.29, 1.82) is 0 Å². The Kier molecular flexibility index (Phi) is 7.74. The van der Waals surface area contributed by atoms with Crippen LogP contribution >= 0.6 is 11.3 Å². The van der Waals surface area contributed by atoms with Crippen LogP contribution in [0.1, 0.15) is 24.1 Å². The quantitative estimate of drug-likeness (QED) is 0.362. The first kappa shape index (κ1) is 23.4. The van der Waals surface area contributed by atoms with E-state index in [4.69, 9.17) is 4.74 Å². The van der Waals surface area contributed by atoms with E-state index in [1.54, 1.807) is 42.6 Å². The highest BCUT2D eigenvalue weighted by Gasteiger charge is 2.19. The number of carbonyl (C=O) groups is 1. The van der Waals surface area contributed by atoms with Gasteiger partial charge in [-0.15, -0.1) is 11.3 Å². The average Bonchev–Trinajstić information content (AvgIpc) is 3.52. The molecule has 0 saturated carbocycles. The zero-order chi connectivity index (χ0) is 23.2. The number of aryl methyl sites for hydroxylation is 1. The molecule has 2 aromatic heterocycles. The molecular formula is C24H30N4O4S. The maximum absolute atomic E-state index is 12.6. The first-order valence-electron chi connectivity index (χ1n) is 11.3. The van der Waals surface area contributed by atoms with E-state index in [9.17, 15) is 14.4 Å². The number of aromatic nitrogens is 2. The second-order valence-electron chi connectivity index (χ2n) is 8.40. The van der Waals surface area contributed by atoms with E-state index in [-0.39, 0.29) is 18.6 Å². The first-order chi connectivity index (χ1) is 16.0. The Hall–Kier alpha value is -2.75.